The van der Waals surface area contributed by atoms with Crippen LogP contribution in [0.5, 0.6) is 0 Å². The van der Waals surface area contributed by atoms with Crippen molar-refractivity contribution in [2.75, 3.05) is 6.54 Å². The van der Waals surface area contributed by atoms with Crippen LogP contribution < -0.4 is 0 Å². The predicted molar refractivity (Wildman–Crippen MR) is 95.0 cm³/mol. The maximum absolute atomic E-state index is 13.9. The Morgan fingerprint density at radius 3 is 2.88 bits per heavy atom. The van der Waals surface area contributed by atoms with E-state index in [2.05, 4.69) is 10.2 Å². The third-order valence-corrected chi connectivity index (χ3v) is 4.74. The highest BCUT2D eigenvalue weighted by atomic mass is 19.1. The fourth-order valence-electron chi connectivity index (χ4n) is 3.47. The van der Waals surface area contributed by atoms with Gasteiger partial charge < -0.3 is 4.90 Å². The first kappa shape index (κ1) is 16.4. The van der Waals surface area contributed by atoms with Gasteiger partial charge in [0.25, 0.3) is 5.91 Å². The molecule has 1 saturated heterocycles. The molecule has 0 unspecified atom stereocenters. The van der Waals surface area contributed by atoms with Crippen LogP contribution in [0.3, 0.4) is 0 Å². The van der Waals surface area contributed by atoms with E-state index >= 15 is 0 Å². The first-order chi connectivity index (χ1) is 12.7. The number of aromatic nitrogens is 3. The summed E-state index contributed by atoms with van der Waals surface area (Å²) in [6, 6.07) is 14.1. The Morgan fingerprint density at radius 1 is 1.19 bits per heavy atom. The van der Waals surface area contributed by atoms with Gasteiger partial charge in [-0.1, -0.05) is 24.3 Å². The molecule has 6 heteroatoms. The fourth-order valence-corrected chi connectivity index (χ4v) is 3.47. The normalized spacial score (nSPS) is 16.8. The van der Waals surface area contributed by atoms with E-state index in [0.29, 0.717) is 24.2 Å². The molecule has 0 saturated carbocycles. The molecule has 1 aliphatic rings. The minimum absolute atomic E-state index is 0.0635. The lowest BCUT2D eigenvalue weighted by atomic mass is 10.1. The van der Waals surface area contributed by atoms with Crippen molar-refractivity contribution in [3.05, 3.63) is 83.2 Å². The molecule has 0 spiro atoms. The van der Waals surface area contributed by atoms with Crippen LogP contribution in [0, 0.1) is 5.82 Å². The third-order valence-electron chi connectivity index (χ3n) is 4.74. The summed E-state index contributed by atoms with van der Waals surface area (Å²) in [5, 5.41) is 6.59. The van der Waals surface area contributed by atoms with Gasteiger partial charge in [0.05, 0.1) is 11.7 Å². The quantitative estimate of drug-likeness (QED) is 0.783. The number of likely N-dealkylation sites (tertiary alicyclic amines) is 1. The van der Waals surface area contributed by atoms with Gasteiger partial charge in [0, 0.05) is 24.9 Å². The van der Waals surface area contributed by atoms with Gasteiger partial charge in [-0.25, -0.2) is 4.39 Å². The molecule has 3 heterocycles. The second kappa shape index (κ2) is 7.07. The Bertz CT molecular complexity index is 910. The first-order valence-electron chi connectivity index (χ1n) is 8.72. The number of nitrogens with zero attached hydrogens (tertiary/aromatic N) is 3. The van der Waals surface area contributed by atoms with Crippen LogP contribution in [0.2, 0.25) is 0 Å². The van der Waals surface area contributed by atoms with Gasteiger partial charge in [0.1, 0.15) is 11.5 Å². The number of carbonyl (C=O) groups excluding carboxylic acids is 1. The lowest BCUT2D eigenvalue weighted by Crippen LogP contribution is -2.31. The fraction of sp³-hybridized carbons (Fsp3) is 0.250. The summed E-state index contributed by atoms with van der Waals surface area (Å²) in [5.41, 5.74) is 2.76. The number of benzene rings is 1. The van der Waals surface area contributed by atoms with Crippen molar-refractivity contribution in [3.8, 4) is 0 Å². The topological polar surface area (TPSA) is 61.9 Å². The zero-order chi connectivity index (χ0) is 17.9. The van der Waals surface area contributed by atoms with Gasteiger partial charge in [-0.15, -0.1) is 0 Å². The Morgan fingerprint density at radius 2 is 2.08 bits per heavy atom. The van der Waals surface area contributed by atoms with Gasteiger partial charge in [-0.05, 0) is 42.7 Å². The van der Waals surface area contributed by atoms with Crippen molar-refractivity contribution in [2.24, 2.45) is 0 Å². The lowest BCUT2D eigenvalue weighted by Gasteiger charge is -2.24. The van der Waals surface area contributed by atoms with E-state index in [1.807, 2.05) is 29.2 Å². The number of H-pyrrole nitrogens is 1. The largest absolute Gasteiger partial charge is 0.329 e. The summed E-state index contributed by atoms with van der Waals surface area (Å²) in [4.78, 5) is 19.2. The Labute approximate surface area is 150 Å². The highest BCUT2D eigenvalue weighted by Crippen LogP contribution is 2.32. The minimum Gasteiger partial charge on any atom is -0.329 e. The van der Waals surface area contributed by atoms with Crippen LogP contribution >= 0.6 is 0 Å². The standard InChI is InChI=1S/C20H19FN4O/c21-16-7-2-1-5-14(16)13-15-6-3-8-17(23-15)19-9-4-12-25(19)20(26)18-10-11-22-24-18/h1-3,5-8,10-11,19H,4,9,12-13H2,(H,22,24)/t19-/m1/s1. The number of aromatic amines is 1. The second-order valence-electron chi connectivity index (χ2n) is 6.45. The number of hydrogen-bond acceptors (Lipinski definition) is 3. The van der Waals surface area contributed by atoms with Crippen LogP contribution in [-0.4, -0.2) is 32.5 Å². The summed E-state index contributed by atoms with van der Waals surface area (Å²) in [6.45, 7) is 0.696. The van der Waals surface area contributed by atoms with E-state index in [1.165, 1.54) is 6.07 Å². The lowest BCUT2D eigenvalue weighted by molar-refractivity contribution is 0.0726. The van der Waals surface area contributed by atoms with E-state index < -0.39 is 0 Å². The third kappa shape index (κ3) is 3.22. The van der Waals surface area contributed by atoms with E-state index in [9.17, 15) is 9.18 Å². The van der Waals surface area contributed by atoms with E-state index in [1.54, 1.807) is 24.4 Å². The SMILES string of the molecule is O=C(c1ccn[nH]1)N1CCC[C@@H]1c1cccc(Cc2ccccc2F)n1. The van der Waals surface area contributed by atoms with E-state index in [-0.39, 0.29) is 17.8 Å². The molecule has 26 heavy (non-hydrogen) atoms. The molecule has 1 N–H and O–H groups in total. The summed E-state index contributed by atoms with van der Waals surface area (Å²) in [6.07, 6.45) is 3.81. The molecule has 0 aliphatic carbocycles. The number of hydrogen-bond donors (Lipinski definition) is 1. The van der Waals surface area contributed by atoms with E-state index in [4.69, 9.17) is 4.98 Å². The van der Waals surface area contributed by atoms with Crippen LogP contribution in [0.4, 0.5) is 4.39 Å². The summed E-state index contributed by atoms with van der Waals surface area (Å²) in [5.74, 6) is -0.289. The van der Waals surface area contributed by atoms with Crippen molar-refractivity contribution < 1.29 is 9.18 Å². The van der Waals surface area contributed by atoms with Crippen molar-refractivity contribution in [1.29, 1.82) is 0 Å². The molecule has 1 aliphatic heterocycles. The molecular formula is C20H19FN4O. The maximum atomic E-state index is 13.9. The van der Waals surface area contributed by atoms with Crippen molar-refractivity contribution in [1.82, 2.24) is 20.1 Å². The van der Waals surface area contributed by atoms with E-state index in [0.717, 1.165) is 24.2 Å². The average Bonchev–Trinajstić information content (AvgIpc) is 3.35. The molecule has 132 valence electrons. The monoisotopic (exact) mass is 350 g/mol. The molecule has 4 rings (SSSR count). The summed E-state index contributed by atoms with van der Waals surface area (Å²) >= 11 is 0. The van der Waals surface area contributed by atoms with Gasteiger partial charge in [-0.3, -0.25) is 14.9 Å². The average molecular weight is 350 g/mol. The van der Waals surface area contributed by atoms with Crippen LogP contribution in [0.1, 0.15) is 46.3 Å². The summed E-state index contributed by atoms with van der Waals surface area (Å²) < 4.78 is 13.9. The first-order valence-corrected chi connectivity index (χ1v) is 8.72. The van der Waals surface area contributed by atoms with Gasteiger partial charge >= 0.3 is 0 Å². The second-order valence-corrected chi connectivity index (χ2v) is 6.45. The molecule has 2 aromatic heterocycles. The van der Waals surface area contributed by atoms with Gasteiger partial charge in [0.15, 0.2) is 0 Å². The number of pyridine rings is 1. The van der Waals surface area contributed by atoms with Crippen LogP contribution in [0.25, 0.3) is 0 Å². The number of carbonyl (C=O) groups is 1. The molecular weight excluding hydrogens is 331 g/mol. The Balaban J connectivity index is 1.57. The number of amides is 1. The minimum atomic E-state index is -0.225. The molecule has 5 nitrogen and oxygen atoms in total. The Hall–Kier alpha value is -3.02. The highest BCUT2D eigenvalue weighted by Gasteiger charge is 2.32. The molecule has 1 fully saturated rings. The maximum Gasteiger partial charge on any atom is 0.272 e. The number of rotatable bonds is 4. The van der Waals surface area contributed by atoms with Crippen molar-refractivity contribution in [3.63, 3.8) is 0 Å². The molecule has 0 bridgehead atoms. The smallest absolute Gasteiger partial charge is 0.272 e. The highest BCUT2D eigenvalue weighted by molar-refractivity contribution is 5.92. The van der Waals surface area contributed by atoms with Gasteiger partial charge in [0.2, 0.25) is 0 Å². The zero-order valence-corrected chi connectivity index (χ0v) is 14.2. The van der Waals surface area contributed by atoms with Crippen LogP contribution in [0.15, 0.2) is 54.7 Å². The number of nitrogens with one attached hydrogen (secondary N) is 1. The molecule has 1 atom stereocenters. The Kier molecular flexibility index (Phi) is 4.48. The molecule has 0 radical (unpaired) electrons. The van der Waals surface area contributed by atoms with Crippen molar-refractivity contribution >= 4 is 5.91 Å². The van der Waals surface area contributed by atoms with Crippen molar-refractivity contribution in [2.45, 2.75) is 25.3 Å². The summed E-state index contributed by atoms with van der Waals surface area (Å²) in [7, 11) is 0. The molecule has 1 amide bonds. The number of halogens is 1. The molecule has 3 aromatic rings. The predicted octanol–water partition coefficient (Wildman–Crippen LogP) is 3.51. The molecule has 1 aromatic carbocycles. The van der Waals surface area contributed by atoms with Gasteiger partial charge in [-0.2, -0.15) is 5.10 Å². The zero-order valence-electron chi connectivity index (χ0n) is 14.2. The van der Waals surface area contributed by atoms with Crippen LogP contribution in [-0.2, 0) is 6.42 Å².